The van der Waals surface area contributed by atoms with Crippen LogP contribution in [0.5, 0.6) is 0 Å². The van der Waals surface area contributed by atoms with E-state index in [9.17, 15) is 4.79 Å². The summed E-state index contributed by atoms with van der Waals surface area (Å²) in [6.07, 6.45) is 4.15. The first kappa shape index (κ1) is 14.8. The van der Waals surface area contributed by atoms with E-state index in [1.165, 1.54) is 20.0 Å². The molecule has 5 nitrogen and oxygen atoms in total. The Balaban J connectivity index is 2.08. The largest absolute Gasteiger partial charge is 0.465 e. The normalized spacial score (nSPS) is 18.6. The van der Waals surface area contributed by atoms with E-state index in [0.717, 1.165) is 32.0 Å². The molecule has 0 bridgehead atoms. The number of anilines is 1. The van der Waals surface area contributed by atoms with Crippen molar-refractivity contribution in [3.63, 3.8) is 0 Å². The molecule has 0 aliphatic carbocycles. The number of hydrogen-bond acceptors (Lipinski definition) is 5. The number of aromatic nitrogens is 1. The van der Waals surface area contributed by atoms with Gasteiger partial charge in [-0.15, -0.1) is 0 Å². The molecular weight excluding hydrogens is 254 g/mol. The van der Waals surface area contributed by atoms with Crippen molar-refractivity contribution in [1.29, 1.82) is 0 Å². The highest BCUT2D eigenvalue weighted by Gasteiger charge is 2.18. The van der Waals surface area contributed by atoms with Crippen LogP contribution in [0.3, 0.4) is 0 Å². The second-order valence-corrected chi connectivity index (χ2v) is 5.15. The fourth-order valence-electron chi connectivity index (χ4n) is 2.61. The summed E-state index contributed by atoms with van der Waals surface area (Å²) < 4.78 is 4.76. The summed E-state index contributed by atoms with van der Waals surface area (Å²) in [4.78, 5) is 18.2. The van der Waals surface area contributed by atoms with Gasteiger partial charge in [0.15, 0.2) is 0 Å². The molecule has 110 valence electrons. The number of piperidine rings is 1. The van der Waals surface area contributed by atoms with Gasteiger partial charge in [-0.3, -0.25) is 0 Å². The fraction of sp³-hybridized carbons (Fsp3) is 0.600. The molecule has 1 fully saturated rings. The number of hydrogen-bond donors (Lipinski definition) is 1. The Morgan fingerprint density at radius 3 is 3.10 bits per heavy atom. The third kappa shape index (κ3) is 3.70. The minimum Gasteiger partial charge on any atom is -0.465 e. The number of nitrogens with zero attached hydrogens (tertiary/aromatic N) is 2. The van der Waals surface area contributed by atoms with Crippen molar-refractivity contribution in [2.45, 2.75) is 19.8 Å². The van der Waals surface area contributed by atoms with Crippen LogP contribution in [0.4, 0.5) is 5.82 Å². The summed E-state index contributed by atoms with van der Waals surface area (Å²) in [6, 6.07) is 3.50. The van der Waals surface area contributed by atoms with Crippen LogP contribution in [0, 0.1) is 5.92 Å². The number of carbonyl (C=O) groups is 1. The second-order valence-electron chi connectivity index (χ2n) is 5.15. The van der Waals surface area contributed by atoms with Crippen molar-refractivity contribution < 1.29 is 9.53 Å². The van der Waals surface area contributed by atoms with Gasteiger partial charge < -0.3 is 15.0 Å². The molecule has 2 rings (SSSR count). The average molecular weight is 277 g/mol. The van der Waals surface area contributed by atoms with Crippen molar-refractivity contribution in [3.05, 3.63) is 23.9 Å². The smallest absolute Gasteiger partial charge is 0.338 e. The third-order valence-electron chi connectivity index (χ3n) is 3.75. The van der Waals surface area contributed by atoms with Crippen LogP contribution >= 0.6 is 0 Å². The van der Waals surface area contributed by atoms with Crippen molar-refractivity contribution in [1.82, 2.24) is 10.3 Å². The van der Waals surface area contributed by atoms with Crippen molar-refractivity contribution in [2.75, 3.05) is 38.2 Å². The van der Waals surface area contributed by atoms with Crippen LogP contribution in [0.15, 0.2) is 18.3 Å². The number of ether oxygens (including phenoxy) is 1. The molecular formula is C15H23N3O2. The zero-order chi connectivity index (χ0) is 14.4. The quantitative estimate of drug-likeness (QED) is 0.830. The van der Waals surface area contributed by atoms with Crippen LogP contribution in [0.25, 0.3) is 0 Å². The molecule has 0 saturated carbocycles. The lowest BCUT2D eigenvalue weighted by atomic mass is 9.99. The summed E-state index contributed by atoms with van der Waals surface area (Å²) in [5.74, 6) is 1.18. The van der Waals surface area contributed by atoms with Crippen LogP contribution in [0.2, 0.25) is 0 Å². The molecule has 1 aromatic heterocycles. The maximum Gasteiger partial charge on any atom is 0.338 e. The molecule has 0 spiro atoms. The number of methoxy groups -OCH3 is 1. The van der Waals surface area contributed by atoms with Gasteiger partial charge in [0.1, 0.15) is 5.82 Å². The van der Waals surface area contributed by atoms with Gasteiger partial charge in [0.05, 0.1) is 12.7 Å². The maximum absolute atomic E-state index is 11.6. The Kier molecular flexibility index (Phi) is 5.35. The molecule has 0 radical (unpaired) electrons. The monoisotopic (exact) mass is 277 g/mol. The maximum atomic E-state index is 11.6. The topological polar surface area (TPSA) is 54.5 Å². The molecule has 1 aliphatic rings. The standard InChI is InChI=1S/C15H23N3O2/c1-3-18(11-12-5-4-7-16-10-12)14-9-13(6-8-17-14)15(19)20-2/h6,8-9,12,16H,3-5,7,10-11H2,1-2H3. The minimum atomic E-state index is -0.316. The molecule has 1 unspecified atom stereocenters. The molecule has 2 heterocycles. The SMILES string of the molecule is CCN(CC1CCCNC1)c1cc(C(=O)OC)ccn1. The number of rotatable bonds is 5. The predicted molar refractivity (Wildman–Crippen MR) is 79.1 cm³/mol. The first-order valence-electron chi connectivity index (χ1n) is 7.24. The number of esters is 1. The Bertz CT molecular complexity index is 444. The van der Waals surface area contributed by atoms with E-state index in [1.54, 1.807) is 12.3 Å². The molecule has 5 heteroatoms. The fourth-order valence-corrected chi connectivity index (χ4v) is 2.61. The van der Waals surface area contributed by atoms with E-state index in [-0.39, 0.29) is 5.97 Å². The highest BCUT2D eigenvalue weighted by atomic mass is 16.5. The van der Waals surface area contributed by atoms with Gasteiger partial charge in [-0.25, -0.2) is 9.78 Å². The van der Waals surface area contributed by atoms with Crippen LogP contribution in [-0.2, 0) is 4.74 Å². The number of pyridine rings is 1. The molecule has 1 aromatic rings. The van der Waals surface area contributed by atoms with E-state index in [2.05, 4.69) is 22.1 Å². The molecule has 1 atom stereocenters. The van der Waals surface area contributed by atoms with E-state index >= 15 is 0 Å². The second kappa shape index (κ2) is 7.24. The number of nitrogens with one attached hydrogen (secondary N) is 1. The lowest BCUT2D eigenvalue weighted by Gasteiger charge is -2.30. The predicted octanol–water partition coefficient (Wildman–Crippen LogP) is 1.69. The molecule has 0 aromatic carbocycles. The summed E-state index contributed by atoms with van der Waals surface area (Å²) in [5, 5.41) is 3.43. The first-order chi connectivity index (χ1) is 9.74. The van der Waals surface area contributed by atoms with Gasteiger partial charge in [-0.1, -0.05) is 0 Å². The average Bonchev–Trinajstić information content (AvgIpc) is 2.53. The summed E-state index contributed by atoms with van der Waals surface area (Å²) in [6.45, 7) is 6.16. The van der Waals surface area contributed by atoms with Gasteiger partial charge in [0.25, 0.3) is 0 Å². The minimum absolute atomic E-state index is 0.316. The molecule has 1 saturated heterocycles. The van der Waals surface area contributed by atoms with Crippen molar-refractivity contribution in [2.24, 2.45) is 5.92 Å². The molecule has 1 aliphatic heterocycles. The lowest BCUT2D eigenvalue weighted by molar-refractivity contribution is 0.0600. The van der Waals surface area contributed by atoms with Gasteiger partial charge >= 0.3 is 5.97 Å². The van der Waals surface area contributed by atoms with Crippen LogP contribution in [0.1, 0.15) is 30.1 Å². The first-order valence-corrected chi connectivity index (χ1v) is 7.24. The molecule has 0 amide bonds. The highest BCUT2D eigenvalue weighted by Crippen LogP contribution is 2.18. The number of carbonyl (C=O) groups excluding carboxylic acids is 1. The van der Waals surface area contributed by atoms with Crippen molar-refractivity contribution in [3.8, 4) is 0 Å². The Morgan fingerprint density at radius 1 is 1.60 bits per heavy atom. The Hall–Kier alpha value is -1.62. The van der Waals surface area contributed by atoms with Crippen LogP contribution < -0.4 is 10.2 Å². The lowest BCUT2D eigenvalue weighted by Crippen LogP contribution is -2.38. The summed E-state index contributed by atoms with van der Waals surface area (Å²) >= 11 is 0. The molecule has 20 heavy (non-hydrogen) atoms. The van der Waals surface area contributed by atoms with E-state index in [1.807, 2.05) is 6.07 Å². The van der Waals surface area contributed by atoms with Gasteiger partial charge in [-0.2, -0.15) is 0 Å². The Labute approximate surface area is 120 Å². The zero-order valence-electron chi connectivity index (χ0n) is 12.3. The zero-order valence-corrected chi connectivity index (χ0v) is 12.3. The van der Waals surface area contributed by atoms with E-state index in [4.69, 9.17) is 4.74 Å². The highest BCUT2D eigenvalue weighted by molar-refractivity contribution is 5.90. The summed E-state index contributed by atoms with van der Waals surface area (Å²) in [7, 11) is 1.40. The van der Waals surface area contributed by atoms with Crippen LogP contribution in [-0.4, -0.2) is 44.2 Å². The van der Waals surface area contributed by atoms with E-state index < -0.39 is 0 Å². The van der Waals surface area contributed by atoms with E-state index in [0.29, 0.717) is 11.5 Å². The Morgan fingerprint density at radius 2 is 2.45 bits per heavy atom. The summed E-state index contributed by atoms with van der Waals surface area (Å²) in [5.41, 5.74) is 0.553. The van der Waals surface area contributed by atoms with Crippen molar-refractivity contribution >= 4 is 11.8 Å². The molecule has 1 N–H and O–H groups in total. The van der Waals surface area contributed by atoms with Gasteiger partial charge in [0, 0.05) is 19.3 Å². The third-order valence-corrected chi connectivity index (χ3v) is 3.75. The van der Waals surface area contributed by atoms with Gasteiger partial charge in [0.2, 0.25) is 0 Å². The van der Waals surface area contributed by atoms with Gasteiger partial charge in [-0.05, 0) is 50.9 Å².